The van der Waals surface area contributed by atoms with Crippen molar-refractivity contribution in [2.45, 2.75) is 38.8 Å². The zero-order valence-electron chi connectivity index (χ0n) is 13.2. The van der Waals surface area contributed by atoms with Gasteiger partial charge in [-0.3, -0.25) is 0 Å². The molecule has 0 saturated heterocycles. The molecule has 1 atom stereocenters. The summed E-state index contributed by atoms with van der Waals surface area (Å²) in [6.07, 6.45) is 5.06. The van der Waals surface area contributed by atoms with E-state index >= 15 is 0 Å². The number of aromatic nitrogens is 5. The Morgan fingerprint density at radius 1 is 1.17 bits per heavy atom. The summed E-state index contributed by atoms with van der Waals surface area (Å²) in [5.41, 5.74) is 5.63. The monoisotopic (exact) mass is 308 g/mol. The van der Waals surface area contributed by atoms with Crippen LogP contribution in [0, 0.1) is 6.92 Å². The van der Waals surface area contributed by atoms with Crippen LogP contribution in [0.25, 0.3) is 5.69 Å². The highest BCUT2D eigenvalue weighted by molar-refractivity contribution is 5.34. The van der Waals surface area contributed by atoms with Gasteiger partial charge >= 0.3 is 0 Å². The van der Waals surface area contributed by atoms with Crippen molar-refractivity contribution in [2.24, 2.45) is 0 Å². The first-order valence-electron chi connectivity index (χ1n) is 8.01. The third-order valence-electron chi connectivity index (χ3n) is 4.39. The Bertz CT molecular complexity index is 786. The van der Waals surface area contributed by atoms with E-state index in [0.717, 1.165) is 48.6 Å². The van der Waals surface area contributed by atoms with Crippen molar-refractivity contribution >= 4 is 0 Å². The van der Waals surface area contributed by atoms with Gasteiger partial charge in [0.25, 0.3) is 0 Å². The molecule has 1 aliphatic carbocycles. The lowest BCUT2D eigenvalue weighted by Crippen LogP contribution is -2.34. The number of nitrogens with one attached hydrogen (secondary N) is 2. The predicted molar refractivity (Wildman–Crippen MR) is 87.3 cm³/mol. The molecule has 23 heavy (non-hydrogen) atoms. The molecule has 2 heterocycles. The van der Waals surface area contributed by atoms with E-state index in [0.29, 0.717) is 6.04 Å². The van der Waals surface area contributed by atoms with Gasteiger partial charge in [-0.15, -0.1) is 0 Å². The van der Waals surface area contributed by atoms with E-state index in [1.807, 2.05) is 23.9 Å². The largest absolute Gasteiger partial charge is 0.310 e. The number of aromatic amines is 1. The van der Waals surface area contributed by atoms with Crippen LogP contribution in [-0.2, 0) is 19.4 Å². The van der Waals surface area contributed by atoms with Gasteiger partial charge in [0.2, 0.25) is 0 Å². The molecule has 2 N–H and O–H groups in total. The highest BCUT2D eigenvalue weighted by atomic mass is 15.3. The normalized spacial score (nSPS) is 17.2. The average Bonchev–Trinajstić information content (AvgIpc) is 3.21. The maximum Gasteiger partial charge on any atom is 0.0872 e. The molecule has 0 aliphatic heterocycles. The minimum absolute atomic E-state index is 0.473. The fourth-order valence-electron chi connectivity index (χ4n) is 3.05. The van der Waals surface area contributed by atoms with Crippen LogP contribution in [0.4, 0.5) is 0 Å². The quantitative estimate of drug-likeness (QED) is 0.773. The first kappa shape index (κ1) is 14.1. The Balaban J connectivity index is 1.36. The lowest BCUT2D eigenvalue weighted by atomic mass is 9.96. The van der Waals surface area contributed by atoms with Crippen molar-refractivity contribution in [2.75, 3.05) is 0 Å². The molecular formula is C17H20N6. The number of fused-ring (bicyclic) bond motifs is 1. The van der Waals surface area contributed by atoms with Crippen molar-refractivity contribution in [1.82, 2.24) is 30.5 Å². The summed E-state index contributed by atoms with van der Waals surface area (Å²) in [4.78, 5) is 0. The van der Waals surface area contributed by atoms with E-state index in [-0.39, 0.29) is 0 Å². The number of aryl methyl sites for hydroxylation is 2. The van der Waals surface area contributed by atoms with Crippen molar-refractivity contribution in [3.63, 3.8) is 0 Å². The van der Waals surface area contributed by atoms with Crippen LogP contribution >= 0.6 is 0 Å². The third-order valence-corrected chi connectivity index (χ3v) is 4.39. The highest BCUT2D eigenvalue weighted by Crippen LogP contribution is 2.17. The van der Waals surface area contributed by atoms with Crippen LogP contribution in [0.15, 0.2) is 36.5 Å². The Labute approximate surface area is 134 Å². The molecule has 0 radical (unpaired) electrons. The van der Waals surface area contributed by atoms with Gasteiger partial charge in [-0.05, 0) is 43.5 Å². The van der Waals surface area contributed by atoms with Gasteiger partial charge in [0.1, 0.15) is 0 Å². The SMILES string of the molecule is Cc1ccn(-c2ccc(CNC3CCc4n[nH]nc4C3)cc2)n1. The maximum atomic E-state index is 4.43. The van der Waals surface area contributed by atoms with Crippen LogP contribution in [-0.4, -0.2) is 31.2 Å². The molecule has 3 aromatic rings. The molecule has 4 rings (SSSR count). The molecule has 2 aromatic heterocycles. The Kier molecular flexibility index (Phi) is 3.67. The highest BCUT2D eigenvalue weighted by Gasteiger charge is 2.21. The minimum atomic E-state index is 0.473. The Morgan fingerprint density at radius 3 is 2.78 bits per heavy atom. The van der Waals surface area contributed by atoms with Crippen LogP contribution in [0.3, 0.4) is 0 Å². The summed E-state index contributed by atoms with van der Waals surface area (Å²) in [6, 6.07) is 11.0. The smallest absolute Gasteiger partial charge is 0.0872 e. The van der Waals surface area contributed by atoms with Gasteiger partial charge in [0.15, 0.2) is 0 Å². The van der Waals surface area contributed by atoms with E-state index in [1.165, 1.54) is 5.56 Å². The zero-order chi connectivity index (χ0) is 15.6. The Morgan fingerprint density at radius 2 is 2.00 bits per heavy atom. The molecule has 6 heteroatoms. The number of hydrogen-bond donors (Lipinski definition) is 2. The van der Waals surface area contributed by atoms with Crippen molar-refractivity contribution in [1.29, 1.82) is 0 Å². The molecule has 0 spiro atoms. The fraction of sp³-hybridized carbons (Fsp3) is 0.353. The second-order valence-corrected chi connectivity index (χ2v) is 6.11. The van der Waals surface area contributed by atoms with E-state index in [4.69, 9.17) is 0 Å². The molecule has 0 saturated carbocycles. The molecule has 0 amide bonds. The summed E-state index contributed by atoms with van der Waals surface area (Å²) in [5, 5.41) is 19.2. The molecule has 0 bridgehead atoms. The van der Waals surface area contributed by atoms with Crippen LogP contribution in [0.1, 0.15) is 29.1 Å². The van der Waals surface area contributed by atoms with Crippen LogP contribution < -0.4 is 5.32 Å². The third kappa shape index (κ3) is 3.03. The first-order chi connectivity index (χ1) is 11.3. The van der Waals surface area contributed by atoms with Gasteiger partial charge in [-0.1, -0.05) is 12.1 Å². The van der Waals surface area contributed by atoms with E-state index in [9.17, 15) is 0 Å². The van der Waals surface area contributed by atoms with Gasteiger partial charge in [-0.2, -0.15) is 20.5 Å². The number of H-pyrrole nitrogens is 1. The number of benzene rings is 1. The molecule has 1 aliphatic rings. The molecule has 0 fully saturated rings. The number of nitrogens with zero attached hydrogens (tertiary/aromatic N) is 4. The topological polar surface area (TPSA) is 71.4 Å². The summed E-state index contributed by atoms with van der Waals surface area (Å²) in [6.45, 7) is 2.87. The molecular weight excluding hydrogens is 288 g/mol. The Hall–Kier alpha value is -2.47. The van der Waals surface area contributed by atoms with E-state index in [2.05, 4.69) is 50.1 Å². The van der Waals surface area contributed by atoms with Gasteiger partial charge in [0, 0.05) is 25.2 Å². The van der Waals surface area contributed by atoms with Gasteiger partial charge < -0.3 is 5.32 Å². The lowest BCUT2D eigenvalue weighted by molar-refractivity contribution is 0.451. The zero-order valence-corrected chi connectivity index (χ0v) is 13.2. The summed E-state index contributed by atoms with van der Waals surface area (Å²) in [7, 11) is 0. The number of hydrogen-bond acceptors (Lipinski definition) is 4. The van der Waals surface area contributed by atoms with Crippen LogP contribution in [0.2, 0.25) is 0 Å². The predicted octanol–water partition coefficient (Wildman–Crippen LogP) is 1.95. The molecule has 1 unspecified atom stereocenters. The van der Waals surface area contributed by atoms with Gasteiger partial charge in [0.05, 0.1) is 22.8 Å². The molecule has 6 nitrogen and oxygen atoms in total. The fourth-order valence-corrected chi connectivity index (χ4v) is 3.05. The van der Waals surface area contributed by atoms with Gasteiger partial charge in [-0.25, -0.2) is 4.68 Å². The molecule has 1 aromatic carbocycles. The van der Waals surface area contributed by atoms with Crippen molar-refractivity contribution in [3.05, 3.63) is 59.2 Å². The minimum Gasteiger partial charge on any atom is -0.310 e. The second-order valence-electron chi connectivity index (χ2n) is 6.11. The maximum absolute atomic E-state index is 4.43. The van der Waals surface area contributed by atoms with E-state index < -0.39 is 0 Å². The molecule has 118 valence electrons. The summed E-state index contributed by atoms with van der Waals surface area (Å²) < 4.78 is 1.90. The van der Waals surface area contributed by atoms with E-state index in [1.54, 1.807) is 0 Å². The van der Waals surface area contributed by atoms with Crippen LogP contribution in [0.5, 0.6) is 0 Å². The van der Waals surface area contributed by atoms with Crippen molar-refractivity contribution < 1.29 is 0 Å². The number of rotatable bonds is 4. The summed E-state index contributed by atoms with van der Waals surface area (Å²) >= 11 is 0. The standard InChI is InChI=1S/C17H20N6/c1-12-8-9-23(21-12)15-5-2-13(3-6-15)11-18-14-4-7-16-17(10-14)20-22-19-16/h2-3,5-6,8-9,14,18H,4,7,10-11H2,1H3,(H,19,20,22). The first-order valence-corrected chi connectivity index (χ1v) is 8.01. The second kappa shape index (κ2) is 5.96. The summed E-state index contributed by atoms with van der Waals surface area (Å²) in [5.74, 6) is 0. The average molecular weight is 308 g/mol. The lowest BCUT2D eigenvalue weighted by Gasteiger charge is -2.21. The van der Waals surface area contributed by atoms with Crippen molar-refractivity contribution in [3.8, 4) is 5.69 Å².